The van der Waals surface area contributed by atoms with Gasteiger partial charge in [0, 0.05) is 66.1 Å². The monoisotopic (exact) mass is 1150 g/mol. The summed E-state index contributed by atoms with van der Waals surface area (Å²) in [5.41, 5.74) is 0. The van der Waals surface area contributed by atoms with E-state index in [0.29, 0.717) is 32.1 Å². The molecule has 0 aliphatic carbocycles. The molecule has 0 aliphatic rings. The fourth-order valence-electron chi connectivity index (χ4n) is 8.23. The molecule has 25 nitrogen and oxygen atoms in total. The Morgan fingerprint density at radius 2 is 0.887 bits per heavy atom. The van der Waals surface area contributed by atoms with Gasteiger partial charge in [-0.05, 0) is 64.8 Å². The minimum absolute atomic E-state index is 0. The Bertz CT molecular complexity index is 1810. The van der Waals surface area contributed by atoms with Crippen molar-refractivity contribution in [2.45, 2.75) is 198 Å². The van der Waals surface area contributed by atoms with Gasteiger partial charge >= 0.3 is 23.9 Å². The van der Waals surface area contributed by atoms with Crippen LogP contribution in [0, 0.1) is 5.92 Å². The van der Waals surface area contributed by atoms with Crippen molar-refractivity contribution in [2.75, 3.05) is 79.6 Å². The second-order valence-electron chi connectivity index (χ2n) is 19.8. The van der Waals surface area contributed by atoms with Gasteiger partial charge in [-0.1, -0.05) is 77.0 Å². The zero-order valence-corrected chi connectivity index (χ0v) is 47.2. The van der Waals surface area contributed by atoms with E-state index in [-0.39, 0.29) is 136 Å². The minimum atomic E-state index is -1.41. The number of hydrogen-bond donors (Lipinski definition) is 10. The molecule has 0 aromatic rings. The van der Waals surface area contributed by atoms with Crippen molar-refractivity contribution in [3.05, 3.63) is 0 Å². The lowest BCUT2D eigenvalue weighted by molar-refractivity contribution is -0.145. The number of rotatable bonds is 58. The first-order chi connectivity index (χ1) is 38.4. The lowest BCUT2D eigenvalue weighted by Crippen LogP contribution is -2.42. The Balaban J connectivity index is 0. The van der Waals surface area contributed by atoms with Crippen LogP contribution >= 0.6 is 0 Å². The summed E-state index contributed by atoms with van der Waals surface area (Å²) < 4.78 is 21.4. The van der Waals surface area contributed by atoms with Gasteiger partial charge in [-0.15, -0.1) is 0 Å². The van der Waals surface area contributed by atoms with Crippen LogP contribution in [0.3, 0.4) is 0 Å². The summed E-state index contributed by atoms with van der Waals surface area (Å²) in [6.07, 6.45) is 16.0. The highest BCUT2D eigenvalue weighted by Gasteiger charge is 2.26. The molecule has 0 saturated carbocycles. The average molecular weight is 1150 g/mol. The number of ketones is 3. The van der Waals surface area contributed by atoms with E-state index in [1.54, 1.807) is 7.05 Å². The maximum Gasteiger partial charge on any atom is 0.326 e. The molecule has 0 rings (SSSR count). The molecule has 0 fully saturated rings. The van der Waals surface area contributed by atoms with Crippen LogP contribution in [0.1, 0.15) is 181 Å². The van der Waals surface area contributed by atoms with Crippen LogP contribution in [-0.4, -0.2) is 188 Å². The predicted octanol–water partition coefficient (Wildman–Crippen LogP) is 3.67. The molecule has 0 radical (unpaired) electrons. The fraction of sp³-hybridized carbons (Fsp3) is 0.800. The first-order valence-electron chi connectivity index (χ1n) is 28.6. The number of aliphatic hydroxyl groups excluding tert-OH is 1. The maximum absolute atomic E-state index is 12.5. The van der Waals surface area contributed by atoms with Crippen LogP contribution in [0.4, 0.5) is 0 Å². The number of amides is 4. The number of aliphatic carboxylic acids is 4. The standard InChI is InChI=1S/C55H95N5O20.H2/c1-56-44(47(64)38-61)20-16-17-29-57-48(65)28-26-46(55(75)76)60-50(67)27-23-41(53(71)72)37-43(63)39-79-35-34-78-32-30-58-51(68)40-80-36-33-77-31-18-19-42(62)24-25-45(54(73)74)59-49(66)21-14-12-10-8-6-4-2-3-5-7-9-11-13-15-22-52(69)70;/h41,44-46,56,61H,2-40H2,1H3,(H,57,65)(H,58,68)(H,59,66)(H,60,67)(H,69,70)(H,71,72)(H,73,74)(H,75,76);1H/t41-,44+,45+,46+;/m1./s1. The molecule has 0 saturated heterocycles. The summed E-state index contributed by atoms with van der Waals surface area (Å²) in [6, 6.07) is -3.04. The van der Waals surface area contributed by atoms with Crippen molar-refractivity contribution in [1.82, 2.24) is 26.6 Å². The topological polar surface area (TPSA) is 386 Å². The molecule has 0 aromatic carbocycles. The van der Waals surface area contributed by atoms with Crippen LogP contribution in [0.15, 0.2) is 0 Å². The average Bonchev–Trinajstić information content (AvgIpc) is 3.41. The van der Waals surface area contributed by atoms with Gasteiger partial charge in [0.05, 0.1) is 45.0 Å². The molecule has 25 heteroatoms. The maximum atomic E-state index is 12.5. The van der Waals surface area contributed by atoms with E-state index in [1.165, 1.54) is 32.1 Å². The zero-order valence-electron chi connectivity index (χ0n) is 47.2. The van der Waals surface area contributed by atoms with Gasteiger partial charge in [-0.25, -0.2) is 9.59 Å². The largest absolute Gasteiger partial charge is 0.481 e. The van der Waals surface area contributed by atoms with Crippen LogP contribution < -0.4 is 26.6 Å². The Morgan fingerprint density at radius 1 is 0.400 bits per heavy atom. The number of nitrogens with one attached hydrogen (secondary N) is 5. The fourth-order valence-corrected chi connectivity index (χ4v) is 8.23. The molecule has 0 aromatic heterocycles. The first-order valence-corrected chi connectivity index (χ1v) is 28.6. The number of carboxylic acid groups (broad SMARTS) is 4. The highest BCUT2D eigenvalue weighted by atomic mass is 16.5. The molecular formula is C55H97N5O20. The van der Waals surface area contributed by atoms with Crippen molar-refractivity contribution >= 4 is 64.9 Å². The number of carbonyl (C=O) groups is 11. The van der Waals surface area contributed by atoms with Crippen LogP contribution in [0.5, 0.6) is 0 Å². The van der Waals surface area contributed by atoms with Crippen molar-refractivity contribution in [3.63, 3.8) is 0 Å². The summed E-state index contributed by atoms with van der Waals surface area (Å²) >= 11 is 0. The lowest BCUT2D eigenvalue weighted by atomic mass is 9.97. The molecule has 462 valence electrons. The number of likely N-dealkylation sites (N-methyl/N-ethyl adjacent to an activating group) is 1. The zero-order chi connectivity index (χ0) is 59.6. The van der Waals surface area contributed by atoms with E-state index in [9.17, 15) is 68.1 Å². The Morgan fingerprint density at radius 3 is 1.43 bits per heavy atom. The Labute approximate surface area is 472 Å². The normalized spacial score (nSPS) is 12.6. The molecule has 80 heavy (non-hydrogen) atoms. The number of hydrogen-bond acceptors (Lipinski definition) is 17. The number of Topliss-reactive ketones (excluding diaryl/α,β-unsaturated/α-hetero) is 3. The summed E-state index contributed by atoms with van der Waals surface area (Å²) in [5, 5.41) is 59.3. The number of carboxylic acids is 4. The van der Waals surface area contributed by atoms with E-state index in [0.717, 1.165) is 51.4 Å². The minimum Gasteiger partial charge on any atom is -0.481 e. The molecule has 0 bridgehead atoms. The third kappa shape index (κ3) is 45.3. The highest BCUT2D eigenvalue weighted by molar-refractivity contribution is 5.87. The third-order valence-electron chi connectivity index (χ3n) is 12.9. The molecule has 0 aliphatic heterocycles. The van der Waals surface area contributed by atoms with Gasteiger partial charge in [-0.3, -0.25) is 43.2 Å². The van der Waals surface area contributed by atoms with Gasteiger partial charge in [-0.2, -0.15) is 0 Å². The number of unbranched alkanes of at least 4 members (excludes halogenated alkanes) is 14. The van der Waals surface area contributed by atoms with Crippen LogP contribution in [0.2, 0.25) is 0 Å². The lowest BCUT2D eigenvalue weighted by Gasteiger charge is -2.16. The van der Waals surface area contributed by atoms with Crippen LogP contribution in [-0.2, 0) is 71.7 Å². The van der Waals surface area contributed by atoms with E-state index < -0.39 is 91.1 Å². The van der Waals surface area contributed by atoms with Gasteiger partial charge in [0.1, 0.15) is 37.7 Å². The number of aliphatic hydroxyl groups is 1. The van der Waals surface area contributed by atoms with Crippen molar-refractivity contribution in [1.29, 1.82) is 0 Å². The van der Waals surface area contributed by atoms with Crippen molar-refractivity contribution in [3.8, 4) is 0 Å². The first kappa shape index (κ1) is 74.5. The smallest absolute Gasteiger partial charge is 0.326 e. The van der Waals surface area contributed by atoms with E-state index in [1.807, 2.05) is 0 Å². The van der Waals surface area contributed by atoms with Gasteiger partial charge < -0.3 is 71.1 Å². The SMILES string of the molecule is CN[C@@H](CCCCNC(=O)CC[C@H](NC(=O)CC[C@H](CC(=O)COCCOCCNC(=O)COCCOCCCC(=O)CC[C@H](NC(=O)CCCCCCCCCCCCCCCCC(=O)O)C(=O)O)C(=O)O)C(=O)O)C(=O)CO.[HH]. The van der Waals surface area contributed by atoms with Gasteiger partial charge in [0.15, 0.2) is 11.6 Å². The molecular weight excluding hydrogens is 1050 g/mol. The Hall–Kier alpha value is -5.47. The summed E-state index contributed by atoms with van der Waals surface area (Å²) in [7, 11) is 1.60. The van der Waals surface area contributed by atoms with E-state index in [2.05, 4.69) is 26.6 Å². The summed E-state index contributed by atoms with van der Waals surface area (Å²) in [5.74, 6) is -8.81. The van der Waals surface area contributed by atoms with Crippen molar-refractivity contribution < 1.29 is 98.6 Å². The van der Waals surface area contributed by atoms with E-state index >= 15 is 0 Å². The summed E-state index contributed by atoms with van der Waals surface area (Å²) in [4.78, 5) is 131. The molecule has 0 unspecified atom stereocenters. The molecule has 10 N–H and O–H groups in total. The van der Waals surface area contributed by atoms with E-state index in [4.69, 9.17) is 29.2 Å². The molecule has 0 heterocycles. The number of ether oxygens (including phenoxy) is 4. The highest BCUT2D eigenvalue weighted by Crippen LogP contribution is 2.16. The predicted molar refractivity (Wildman–Crippen MR) is 294 cm³/mol. The number of carbonyl (C=O) groups excluding carboxylic acids is 7. The second kappa shape index (κ2) is 50.5. The van der Waals surface area contributed by atoms with Crippen LogP contribution in [0.25, 0.3) is 0 Å². The summed E-state index contributed by atoms with van der Waals surface area (Å²) in [6.45, 7) is -0.0445. The second-order valence-corrected chi connectivity index (χ2v) is 19.8. The molecule has 4 amide bonds. The van der Waals surface area contributed by atoms with Gasteiger partial charge in [0.25, 0.3) is 0 Å². The molecule has 0 spiro atoms. The van der Waals surface area contributed by atoms with Crippen molar-refractivity contribution in [2.24, 2.45) is 5.92 Å². The third-order valence-corrected chi connectivity index (χ3v) is 12.9. The Kier molecular flexibility index (Phi) is 47.0. The van der Waals surface area contributed by atoms with Gasteiger partial charge in [0.2, 0.25) is 23.6 Å². The molecule has 4 atom stereocenters. The quantitative estimate of drug-likeness (QED) is 0.0388.